The SMILES string of the molecule is COc1cc(CNC(=O)C23C[C@H]4C[C@@H](C2)CC(c2ccccc2)(C4)C3)cc(OC)c1OC. The van der Waals surface area contributed by atoms with Crippen LogP contribution in [0.2, 0.25) is 0 Å². The molecule has 4 saturated carbocycles. The van der Waals surface area contributed by atoms with Crippen molar-refractivity contribution in [2.24, 2.45) is 17.3 Å². The summed E-state index contributed by atoms with van der Waals surface area (Å²) in [5.74, 6) is 3.30. The van der Waals surface area contributed by atoms with Crippen LogP contribution in [0.5, 0.6) is 17.2 Å². The van der Waals surface area contributed by atoms with Crippen molar-refractivity contribution >= 4 is 5.91 Å². The molecule has 2 aromatic carbocycles. The van der Waals surface area contributed by atoms with E-state index in [4.69, 9.17) is 14.2 Å². The summed E-state index contributed by atoms with van der Waals surface area (Å²) in [4.78, 5) is 13.7. The summed E-state index contributed by atoms with van der Waals surface area (Å²) < 4.78 is 16.4. The lowest BCUT2D eigenvalue weighted by Crippen LogP contribution is -2.59. The highest BCUT2D eigenvalue weighted by atomic mass is 16.5. The van der Waals surface area contributed by atoms with Gasteiger partial charge in [0, 0.05) is 6.54 Å². The van der Waals surface area contributed by atoms with Crippen molar-refractivity contribution in [2.75, 3.05) is 21.3 Å². The van der Waals surface area contributed by atoms with Crippen LogP contribution in [-0.2, 0) is 16.8 Å². The van der Waals surface area contributed by atoms with Gasteiger partial charge >= 0.3 is 0 Å². The van der Waals surface area contributed by atoms with Crippen LogP contribution in [0.3, 0.4) is 0 Å². The first kappa shape index (κ1) is 21.2. The molecule has 4 aliphatic rings. The average molecular weight is 436 g/mol. The average Bonchev–Trinajstić information content (AvgIpc) is 2.81. The summed E-state index contributed by atoms with van der Waals surface area (Å²) >= 11 is 0. The predicted octanol–water partition coefficient (Wildman–Crippen LogP) is 4.87. The van der Waals surface area contributed by atoms with Crippen LogP contribution in [0.25, 0.3) is 0 Å². The molecule has 4 atom stereocenters. The number of hydrogen-bond acceptors (Lipinski definition) is 4. The van der Waals surface area contributed by atoms with Gasteiger partial charge in [0.05, 0.1) is 26.7 Å². The van der Waals surface area contributed by atoms with E-state index in [0.29, 0.717) is 35.6 Å². The van der Waals surface area contributed by atoms with Gasteiger partial charge in [0.25, 0.3) is 0 Å². The Kier molecular flexibility index (Phi) is 5.31. The Bertz CT molecular complexity index is 963. The number of hydrogen-bond donors (Lipinski definition) is 1. The molecule has 1 amide bonds. The molecule has 5 nitrogen and oxygen atoms in total. The minimum Gasteiger partial charge on any atom is -0.493 e. The maximum absolute atomic E-state index is 13.7. The molecule has 1 N–H and O–H groups in total. The molecule has 4 bridgehead atoms. The zero-order valence-corrected chi connectivity index (χ0v) is 19.3. The highest BCUT2D eigenvalue weighted by molar-refractivity contribution is 5.83. The smallest absolute Gasteiger partial charge is 0.226 e. The Hall–Kier alpha value is -2.69. The lowest BCUT2D eigenvalue weighted by atomic mass is 9.42. The van der Waals surface area contributed by atoms with Crippen molar-refractivity contribution in [3.05, 3.63) is 53.6 Å². The quantitative estimate of drug-likeness (QED) is 0.674. The number of nitrogens with one attached hydrogen (secondary N) is 1. The van der Waals surface area contributed by atoms with Crippen LogP contribution in [0, 0.1) is 17.3 Å². The summed E-state index contributed by atoms with van der Waals surface area (Å²) in [5.41, 5.74) is 2.28. The van der Waals surface area contributed by atoms with Crippen LogP contribution in [0.4, 0.5) is 0 Å². The first-order valence-electron chi connectivity index (χ1n) is 11.6. The second-order valence-electron chi connectivity index (χ2n) is 10.1. The molecule has 32 heavy (non-hydrogen) atoms. The zero-order chi connectivity index (χ0) is 22.3. The molecule has 0 aromatic heterocycles. The van der Waals surface area contributed by atoms with E-state index in [1.165, 1.54) is 24.8 Å². The Balaban J connectivity index is 1.37. The van der Waals surface area contributed by atoms with Gasteiger partial charge in [0.15, 0.2) is 11.5 Å². The van der Waals surface area contributed by atoms with E-state index in [1.54, 1.807) is 21.3 Å². The van der Waals surface area contributed by atoms with Gasteiger partial charge in [-0.3, -0.25) is 4.79 Å². The molecule has 0 heterocycles. The van der Waals surface area contributed by atoms with Gasteiger partial charge in [-0.2, -0.15) is 0 Å². The second kappa shape index (κ2) is 8.02. The number of carbonyl (C=O) groups excluding carboxylic acids is 1. The lowest BCUT2D eigenvalue weighted by molar-refractivity contribution is -0.149. The van der Waals surface area contributed by atoms with Crippen LogP contribution >= 0.6 is 0 Å². The molecule has 170 valence electrons. The molecule has 0 aliphatic heterocycles. The summed E-state index contributed by atoms with van der Waals surface area (Å²) in [6.45, 7) is 0.449. The van der Waals surface area contributed by atoms with Crippen molar-refractivity contribution in [1.29, 1.82) is 0 Å². The maximum atomic E-state index is 13.7. The number of benzene rings is 2. The molecule has 2 unspecified atom stereocenters. The number of amides is 1. The largest absolute Gasteiger partial charge is 0.493 e. The fourth-order valence-electron chi connectivity index (χ4n) is 7.26. The molecular formula is C27H33NO4. The van der Waals surface area contributed by atoms with Gasteiger partial charge in [-0.1, -0.05) is 30.3 Å². The zero-order valence-electron chi connectivity index (χ0n) is 19.3. The van der Waals surface area contributed by atoms with E-state index in [9.17, 15) is 4.79 Å². The molecule has 2 aromatic rings. The summed E-state index contributed by atoms with van der Waals surface area (Å²) in [6.07, 6.45) is 6.78. The van der Waals surface area contributed by atoms with Crippen LogP contribution < -0.4 is 19.5 Å². The number of ether oxygens (including phenoxy) is 3. The predicted molar refractivity (Wildman–Crippen MR) is 123 cm³/mol. The van der Waals surface area contributed by atoms with E-state index < -0.39 is 0 Å². The molecule has 0 spiro atoms. The molecule has 6 rings (SSSR count). The van der Waals surface area contributed by atoms with Crippen molar-refractivity contribution in [1.82, 2.24) is 5.32 Å². The van der Waals surface area contributed by atoms with Crippen molar-refractivity contribution in [3.63, 3.8) is 0 Å². The minimum atomic E-state index is -0.249. The summed E-state index contributed by atoms with van der Waals surface area (Å²) in [7, 11) is 4.81. The van der Waals surface area contributed by atoms with Gasteiger partial charge in [-0.25, -0.2) is 0 Å². The molecule has 4 fully saturated rings. The van der Waals surface area contributed by atoms with E-state index in [1.807, 2.05) is 12.1 Å². The molecule has 0 radical (unpaired) electrons. The molecular weight excluding hydrogens is 402 g/mol. The highest BCUT2D eigenvalue weighted by Crippen LogP contribution is 2.65. The third-order valence-electron chi connectivity index (χ3n) is 8.11. The Morgan fingerprint density at radius 2 is 1.56 bits per heavy atom. The van der Waals surface area contributed by atoms with Crippen LogP contribution in [0.1, 0.15) is 49.7 Å². The topological polar surface area (TPSA) is 56.8 Å². The van der Waals surface area contributed by atoms with Crippen molar-refractivity contribution in [2.45, 2.75) is 50.5 Å². The first-order valence-corrected chi connectivity index (χ1v) is 11.6. The molecule has 4 aliphatic carbocycles. The monoisotopic (exact) mass is 435 g/mol. The third-order valence-corrected chi connectivity index (χ3v) is 8.11. The first-order chi connectivity index (χ1) is 15.5. The fourth-order valence-corrected chi connectivity index (χ4v) is 7.26. The Labute approximate surface area is 190 Å². The van der Waals surface area contributed by atoms with E-state index in [2.05, 4.69) is 35.6 Å². The Morgan fingerprint density at radius 3 is 2.12 bits per heavy atom. The molecule has 5 heteroatoms. The fraction of sp³-hybridized carbons (Fsp3) is 0.519. The normalized spacial score (nSPS) is 30.1. The van der Waals surface area contributed by atoms with Gasteiger partial charge in [0.2, 0.25) is 11.7 Å². The summed E-state index contributed by atoms with van der Waals surface area (Å²) in [5, 5.41) is 3.27. The van der Waals surface area contributed by atoms with Crippen molar-refractivity contribution in [3.8, 4) is 17.2 Å². The van der Waals surface area contributed by atoms with Gasteiger partial charge < -0.3 is 19.5 Å². The van der Waals surface area contributed by atoms with Gasteiger partial charge in [-0.15, -0.1) is 0 Å². The second-order valence-corrected chi connectivity index (χ2v) is 10.1. The summed E-state index contributed by atoms with van der Waals surface area (Å²) in [6, 6.07) is 14.7. The highest BCUT2D eigenvalue weighted by Gasteiger charge is 2.60. The van der Waals surface area contributed by atoms with E-state index in [0.717, 1.165) is 24.8 Å². The molecule has 0 saturated heterocycles. The van der Waals surface area contributed by atoms with Gasteiger partial charge in [-0.05, 0) is 79.0 Å². The van der Waals surface area contributed by atoms with E-state index >= 15 is 0 Å². The minimum absolute atomic E-state index is 0.162. The maximum Gasteiger partial charge on any atom is 0.226 e. The number of methoxy groups -OCH3 is 3. The number of rotatable bonds is 7. The van der Waals surface area contributed by atoms with Crippen LogP contribution in [0.15, 0.2) is 42.5 Å². The van der Waals surface area contributed by atoms with Crippen molar-refractivity contribution < 1.29 is 19.0 Å². The van der Waals surface area contributed by atoms with Gasteiger partial charge in [0.1, 0.15) is 0 Å². The number of carbonyl (C=O) groups is 1. The van der Waals surface area contributed by atoms with E-state index in [-0.39, 0.29) is 16.7 Å². The lowest BCUT2D eigenvalue weighted by Gasteiger charge is -2.61. The van der Waals surface area contributed by atoms with Crippen LogP contribution in [-0.4, -0.2) is 27.2 Å². The Morgan fingerprint density at radius 1 is 0.938 bits per heavy atom. The standard InChI is InChI=1S/C27H33NO4/c1-30-22-10-18(11-23(31-2)24(22)32-3)16-28-25(29)27-14-19-9-20(15-27)13-26(12-19,17-27)21-7-5-4-6-8-21/h4-8,10-11,19-20H,9,12-17H2,1-3H3,(H,28,29)/t19-,20+,26?,27?. The third kappa shape index (κ3) is 3.42.